The number of nitrogens with zero attached hydrogens (tertiary/aromatic N) is 1. The van der Waals surface area contributed by atoms with Gasteiger partial charge in [-0.05, 0) is 44.2 Å². The average molecular weight is 305 g/mol. The van der Waals surface area contributed by atoms with Crippen molar-refractivity contribution in [1.29, 1.82) is 0 Å². The minimum Gasteiger partial charge on any atom is -0.452 e. The Kier molecular flexibility index (Phi) is 5.16. The summed E-state index contributed by atoms with van der Waals surface area (Å²) in [7, 11) is 1.41. The van der Waals surface area contributed by atoms with E-state index in [9.17, 15) is 4.79 Å². The molecule has 2 rings (SSSR count). The van der Waals surface area contributed by atoms with Crippen molar-refractivity contribution in [2.24, 2.45) is 5.92 Å². The Labute approximate surface area is 132 Å². The van der Waals surface area contributed by atoms with Crippen LogP contribution in [0, 0.1) is 5.92 Å². The van der Waals surface area contributed by atoms with Gasteiger partial charge in [-0.3, -0.25) is 4.90 Å². The largest absolute Gasteiger partial charge is 0.452 e. The number of nitrogens with one attached hydrogen (secondary N) is 1. The number of carbonyl (C=O) groups excluding carboxylic acids is 1. The molecule has 0 aliphatic carbocycles. The van der Waals surface area contributed by atoms with Crippen molar-refractivity contribution in [1.82, 2.24) is 0 Å². The number of anilines is 3. The van der Waals surface area contributed by atoms with Crippen molar-refractivity contribution in [3.05, 3.63) is 17.7 Å². The van der Waals surface area contributed by atoms with Gasteiger partial charge in [-0.15, -0.1) is 0 Å². The van der Waals surface area contributed by atoms with Crippen LogP contribution in [-0.4, -0.2) is 25.8 Å². The van der Waals surface area contributed by atoms with Crippen molar-refractivity contribution in [3.63, 3.8) is 0 Å². The lowest BCUT2D eigenvalue weighted by Crippen LogP contribution is -2.42. The van der Waals surface area contributed by atoms with E-state index in [2.05, 4.69) is 19.2 Å². The molecule has 5 heteroatoms. The van der Waals surface area contributed by atoms with E-state index in [0.717, 1.165) is 48.4 Å². The molecule has 0 spiro atoms. The number of methoxy groups -OCH3 is 1. The van der Waals surface area contributed by atoms with Crippen LogP contribution in [0.5, 0.6) is 0 Å². The Balaban J connectivity index is 2.26. The second-order valence-corrected chi connectivity index (χ2v) is 6.36. The Morgan fingerprint density at radius 3 is 2.86 bits per heavy atom. The number of hydrogen-bond acceptors (Lipinski definition) is 4. The lowest BCUT2D eigenvalue weighted by molar-refractivity contribution is 0.175. The molecule has 1 aliphatic heterocycles. The van der Waals surface area contributed by atoms with Gasteiger partial charge in [0, 0.05) is 18.2 Å². The van der Waals surface area contributed by atoms with E-state index in [1.165, 1.54) is 7.11 Å². The molecule has 5 nitrogen and oxygen atoms in total. The highest BCUT2D eigenvalue weighted by Gasteiger charge is 2.30. The van der Waals surface area contributed by atoms with Crippen LogP contribution < -0.4 is 16.0 Å². The highest BCUT2D eigenvalue weighted by molar-refractivity contribution is 5.93. The number of nitrogen functional groups attached to an aromatic ring is 1. The summed E-state index contributed by atoms with van der Waals surface area (Å²) in [4.78, 5) is 13.7. The van der Waals surface area contributed by atoms with E-state index < -0.39 is 0 Å². The molecule has 22 heavy (non-hydrogen) atoms. The highest BCUT2D eigenvalue weighted by Crippen LogP contribution is 2.38. The fourth-order valence-electron chi connectivity index (χ4n) is 2.89. The van der Waals surface area contributed by atoms with E-state index in [0.29, 0.717) is 5.92 Å². The van der Waals surface area contributed by atoms with Gasteiger partial charge in [0.25, 0.3) is 0 Å². The van der Waals surface area contributed by atoms with Gasteiger partial charge in [-0.1, -0.05) is 13.8 Å². The molecule has 3 N–H and O–H groups in total. The summed E-state index contributed by atoms with van der Waals surface area (Å²) in [6.07, 6.45) is 2.55. The highest BCUT2D eigenvalue weighted by atomic mass is 16.5. The molecule has 1 aliphatic rings. The fourth-order valence-corrected chi connectivity index (χ4v) is 2.89. The molecule has 0 saturated carbocycles. The maximum atomic E-state index is 12.0. The maximum absolute atomic E-state index is 12.0. The Morgan fingerprint density at radius 2 is 2.23 bits per heavy atom. The summed E-state index contributed by atoms with van der Waals surface area (Å²) < 4.78 is 4.91. The Hall–Kier alpha value is -1.91. The first-order valence-corrected chi connectivity index (χ1v) is 7.98. The topological polar surface area (TPSA) is 67.6 Å². The van der Waals surface area contributed by atoms with Gasteiger partial charge in [-0.25, -0.2) is 4.79 Å². The Morgan fingerprint density at radius 1 is 1.50 bits per heavy atom. The van der Waals surface area contributed by atoms with Gasteiger partial charge in [-0.2, -0.15) is 0 Å². The maximum Gasteiger partial charge on any atom is 0.414 e. The molecule has 1 amide bonds. The third-order valence-corrected chi connectivity index (χ3v) is 4.25. The number of hydrogen-bond donors (Lipinski definition) is 2. The molecule has 0 radical (unpaired) electrons. The third-order valence-electron chi connectivity index (χ3n) is 4.25. The zero-order valence-electron chi connectivity index (χ0n) is 14.0. The summed E-state index contributed by atoms with van der Waals surface area (Å²) >= 11 is 0. The van der Waals surface area contributed by atoms with Gasteiger partial charge in [0.15, 0.2) is 0 Å². The molecular weight excluding hydrogens is 278 g/mol. The van der Waals surface area contributed by atoms with Crippen molar-refractivity contribution in [3.8, 4) is 0 Å². The van der Waals surface area contributed by atoms with Crippen LogP contribution in [0.1, 0.15) is 39.2 Å². The van der Waals surface area contributed by atoms with Gasteiger partial charge < -0.3 is 15.8 Å². The number of amides is 1. The van der Waals surface area contributed by atoms with Crippen LogP contribution in [0.4, 0.5) is 21.9 Å². The Bertz CT molecular complexity index is 543. The van der Waals surface area contributed by atoms with Gasteiger partial charge in [0.2, 0.25) is 0 Å². The fraction of sp³-hybridized carbons (Fsp3) is 0.588. The van der Waals surface area contributed by atoms with Crippen LogP contribution >= 0.6 is 0 Å². The van der Waals surface area contributed by atoms with E-state index in [-0.39, 0.29) is 12.1 Å². The molecular formula is C17H27N3O2. The number of nitrogens with two attached hydrogens (primary N) is 1. The summed E-state index contributed by atoms with van der Waals surface area (Å²) in [5.41, 5.74) is 9.95. The van der Waals surface area contributed by atoms with E-state index in [4.69, 9.17) is 10.5 Å². The first-order chi connectivity index (χ1) is 10.5. The number of fused-ring (bicyclic) bond motifs is 1. The number of carbonyl (C=O) groups is 1. The standard InChI is InChI=1S/C17H27N3O2/c1-11(2)9-10-19-14-7-8-15-13(16(14)18)6-5-12(3)20(15)17(21)22-4/h7-8,11-12,19H,5-6,9-10,18H2,1-4H3/t12-/m0/s1. The predicted molar refractivity (Wildman–Crippen MR) is 91.5 cm³/mol. The zero-order valence-corrected chi connectivity index (χ0v) is 14.0. The SMILES string of the molecule is COC(=O)N1c2ccc(NCCC(C)C)c(N)c2CC[C@@H]1C. The van der Waals surface area contributed by atoms with E-state index in [1.54, 1.807) is 4.90 Å². The van der Waals surface area contributed by atoms with E-state index >= 15 is 0 Å². The van der Waals surface area contributed by atoms with Gasteiger partial charge in [0.05, 0.1) is 24.2 Å². The quantitative estimate of drug-likeness (QED) is 0.833. The molecule has 0 aromatic heterocycles. The first kappa shape index (κ1) is 16.5. The smallest absolute Gasteiger partial charge is 0.414 e. The first-order valence-electron chi connectivity index (χ1n) is 7.98. The van der Waals surface area contributed by atoms with Crippen molar-refractivity contribution >= 4 is 23.2 Å². The molecule has 1 aromatic carbocycles. The normalized spacial score (nSPS) is 17.3. The van der Waals surface area contributed by atoms with Gasteiger partial charge >= 0.3 is 6.09 Å². The molecule has 122 valence electrons. The summed E-state index contributed by atoms with van der Waals surface area (Å²) in [6.45, 7) is 7.34. The number of benzene rings is 1. The molecule has 1 aromatic rings. The molecule has 0 fully saturated rings. The molecule has 1 heterocycles. The summed E-state index contributed by atoms with van der Waals surface area (Å²) in [5, 5.41) is 3.40. The lowest BCUT2D eigenvalue weighted by atomic mass is 9.94. The molecule has 0 bridgehead atoms. The van der Waals surface area contributed by atoms with Gasteiger partial charge in [0.1, 0.15) is 0 Å². The van der Waals surface area contributed by atoms with Crippen molar-refractivity contribution in [2.45, 2.75) is 46.1 Å². The van der Waals surface area contributed by atoms with Crippen LogP contribution in [0.15, 0.2) is 12.1 Å². The number of rotatable bonds is 4. The predicted octanol–water partition coefficient (Wildman–Crippen LogP) is 3.63. The minimum absolute atomic E-state index is 0.124. The zero-order chi connectivity index (χ0) is 16.3. The van der Waals surface area contributed by atoms with Crippen molar-refractivity contribution in [2.75, 3.05) is 29.6 Å². The molecule has 0 unspecified atom stereocenters. The van der Waals surface area contributed by atoms with Crippen LogP contribution in [0.2, 0.25) is 0 Å². The van der Waals surface area contributed by atoms with Crippen LogP contribution in [0.25, 0.3) is 0 Å². The van der Waals surface area contributed by atoms with Crippen molar-refractivity contribution < 1.29 is 9.53 Å². The third kappa shape index (κ3) is 3.29. The van der Waals surface area contributed by atoms with Crippen LogP contribution in [-0.2, 0) is 11.2 Å². The molecule has 1 atom stereocenters. The monoisotopic (exact) mass is 305 g/mol. The minimum atomic E-state index is -0.326. The van der Waals surface area contributed by atoms with Crippen LogP contribution in [0.3, 0.4) is 0 Å². The second kappa shape index (κ2) is 6.90. The molecule has 0 saturated heterocycles. The summed E-state index contributed by atoms with van der Waals surface area (Å²) in [6, 6.07) is 4.05. The number of ether oxygens (including phenoxy) is 1. The average Bonchev–Trinajstić information content (AvgIpc) is 2.48. The summed E-state index contributed by atoms with van der Waals surface area (Å²) in [5.74, 6) is 0.655. The second-order valence-electron chi connectivity index (χ2n) is 6.36. The van der Waals surface area contributed by atoms with E-state index in [1.807, 2.05) is 19.1 Å². The lowest BCUT2D eigenvalue weighted by Gasteiger charge is -2.35.